The Morgan fingerprint density at radius 3 is 2.50 bits per heavy atom. The summed E-state index contributed by atoms with van der Waals surface area (Å²) >= 11 is 0. The first-order valence-corrected chi connectivity index (χ1v) is 10.9. The van der Waals surface area contributed by atoms with Gasteiger partial charge in [-0.3, -0.25) is 9.69 Å². The SMILES string of the molecule is O=C(NC1CC1)c1ccc(N2CCC(N3C(=O)OCc4ccccc43)CC2)c(N([O-])[O-])c1. The van der Waals surface area contributed by atoms with Crippen LogP contribution < -0.4 is 20.3 Å². The molecule has 1 saturated carbocycles. The van der Waals surface area contributed by atoms with Crippen molar-refractivity contribution in [3.8, 4) is 0 Å². The summed E-state index contributed by atoms with van der Waals surface area (Å²) in [6, 6.07) is 12.5. The summed E-state index contributed by atoms with van der Waals surface area (Å²) in [5.41, 5.74) is 2.58. The molecule has 1 N–H and O–H groups in total. The highest BCUT2D eigenvalue weighted by Gasteiger charge is 2.34. The number of hydrogen-bond donors (Lipinski definition) is 1. The van der Waals surface area contributed by atoms with Crippen molar-refractivity contribution >= 4 is 29.1 Å². The number of rotatable bonds is 5. The number of nitrogens with one attached hydrogen (secondary N) is 1. The minimum atomic E-state index is -0.437. The highest BCUT2D eigenvalue weighted by molar-refractivity contribution is 5.97. The molecular weight excluding hydrogens is 412 g/mol. The summed E-state index contributed by atoms with van der Waals surface area (Å²) in [6.07, 6.45) is 2.88. The molecule has 32 heavy (non-hydrogen) atoms. The zero-order valence-electron chi connectivity index (χ0n) is 17.5. The van der Waals surface area contributed by atoms with Gasteiger partial charge in [0.05, 0.1) is 11.4 Å². The Hall–Kier alpha value is -3.30. The van der Waals surface area contributed by atoms with Crippen LogP contribution in [0.3, 0.4) is 0 Å². The summed E-state index contributed by atoms with van der Waals surface area (Å²) < 4.78 is 5.35. The molecule has 0 unspecified atom stereocenters. The average molecular weight is 436 g/mol. The fourth-order valence-corrected chi connectivity index (χ4v) is 4.46. The van der Waals surface area contributed by atoms with Gasteiger partial charge in [-0.1, -0.05) is 18.2 Å². The van der Waals surface area contributed by atoms with Crippen molar-refractivity contribution in [2.75, 3.05) is 28.1 Å². The Labute approximate surface area is 185 Å². The molecule has 0 bridgehead atoms. The van der Waals surface area contributed by atoms with E-state index in [2.05, 4.69) is 5.32 Å². The van der Waals surface area contributed by atoms with Crippen molar-refractivity contribution in [1.29, 1.82) is 0 Å². The molecule has 2 heterocycles. The molecule has 0 radical (unpaired) electrons. The molecule has 2 aliphatic heterocycles. The van der Waals surface area contributed by atoms with Gasteiger partial charge in [0.25, 0.3) is 5.91 Å². The van der Waals surface area contributed by atoms with E-state index in [1.165, 1.54) is 6.07 Å². The Morgan fingerprint density at radius 2 is 1.78 bits per heavy atom. The van der Waals surface area contributed by atoms with Crippen LogP contribution in [-0.2, 0) is 11.3 Å². The van der Waals surface area contributed by atoms with E-state index in [1.54, 1.807) is 17.0 Å². The predicted molar refractivity (Wildman–Crippen MR) is 120 cm³/mol. The molecule has 0 atom stereocenters. The number of benzene rings is 2. The Kier molecular flexibility index (Phi) is 5.36. The second kappa shape index (κ2) is 8.33. The molecule has 168 valence electrons. The van der Waals surface area contributed by atoms with Crippen LogP contribution in [0.1, 0.15) is 41.6 Å². The predicted octanol–water partition coefficient (Wildman–Crippen LogP) is 3.51. The summed E-state index contributed by atoms with van der Waals surface area (Å²) in [5, 5.41) is 25.9. The smallest absolute Gasteiger partial charge is 0.414 e. The van der Waals surface area contributed by atoms with E-state index < -0.39 is 5.23 Å². The van der Waals surface area contributed by atoms with Crippen molar-refractivity contribution in [1.82, 2.24) is 5.32 Å². The van der Waals surface area contributed by atoms with Crippen LogP contribution in [0.15, 0.2) is 42.5 Å². The van der Waals surface area contributed by atoms with Gasteiger partial charge >= 0.3 is 6.09 Å². The fraction of sp³-hybridized carbons (Fsp3) is 0.391. The van der Waals surface area contributed by atoms with Crippen LogP contribution in [0, 0.1) is 10.4 Å². The molecule has 2 fully saturated rings. The van der Waals surface area contributed by atoms with Crippen molar-refractivity contribution in [3.63, 3.8) is 0 Å². The van der Waals surface area contributed by atoms with Crippen molar-refractivity contribution < 1.29 is 14.3 Å². The van der Waals surface area contributed by atoms with Crippen molar-refractivity contribution in [2.24, 2.45) is 0 Å². The fourth-order valence-electron chi connectivity index (χ4n) is 4.46. The lowest BCUT2D eigenvalue weighted by atomic mass is 9.99. The number of para-hydroxylation sites is 1. The lowest BCUT2D eigenvalue weighted by Gasteiger charge is -2.44. The second-order valence-electron chi connectivity index (χ2n) is 8.48. The van der Waals surface area contributed by atoms with Gasteiger partial charge in [-0.25, -0.2) is 4.79 Å². The number of carbonyl (C=O) groups is 2. The van der Waals surface area contributed by atoms with Gasteiger partial charge in [-0.05, 0) is 49.9 Å². The molecule has 3 aliphatic rings. The molecule has 5 rings (SSSR count). The average Bonchev–Trinajstić information content (AvgIpc) is 3.63. The maximum Gasteiger partial charge on any atom is 0.414 e. The summed E-state index contributed by atoms with van der Waals surface area (Å²) in [7, 11) is 0. The van der Waals surface area contributed by atoms with Gasteiger partial charge in [-0.2, -0.15) is 0 Å². The number of fused-ring (bicyclic) bond motifs is 1. The highest BCUT2D eigenvalue weighted by atomic mass is 16.8. The Morgan fingerprint density at radius 1 is 1.03 bits per heavy atom. The maximum atomic E-state index is 12.5. The van der Waals surface area contributed by atoms with Gasteiger partial charge in [-0.15, -0.1) is 0 Å². The molecule has 9 heteroatoms. The quantitative estimate of drug-likeness (QED) is 0.714. The minimum Gasteiger partial charge on any atom is -0.769 e. The van der Waals surface area contributed by atoms with Gasteiger partial charge in [0, 0.05) is 42.0 Å². The van der Waals surface area contributed by atoms with E-state index in [9.17, 15) is 20.0 Å². The molecule has 0 spiro atoms. The number of nitrogens with zero attached hydrogens (tertiary/aromatic N) is 3. The topological polar surface area (TPSA) is 111 Å². The Balaban J connectivity index is 1.32. The van der Waals surface area contributed by atoms with Gasteiger partial charge < -0.3 is 30.6 Å². The maximum absolute atomic E-state index is 12.5. The standard InChI is InChI=1S/C23H24N4O5/c28-22(24-17-6-7-17)15-5-8-20(21(13-15)27(30)31)25-11-9-18(10-12-25)26-19-4-2-1-3-16(19)14-32-23(26)29/h1-5,8,13,17-18H,6-7,9-12,14H2,(H,24,28)/q-2. The van der Waals surface area contributed by atoms with E-state index in [-0.39, 0.29) is 36.4 Å². The number of amides is 2. The van der Waals surface area contributed by atoms with Gasteiger partial charge in [0.1, 0.15) is 6.61 Å². The van der Waals surface area contributed by atoms with Crippen LogP contribution in [0.2, 0.25) is 0 Å². The van der Waals surface area contributed by atoms with Crippen LogP contribution >= 0.6 is 0 Å². The molecule has 2 aromatic carbocycles. The number of hydrogen-bond acceptors (Lipinski definition) is 7. The monoisotopic (exact) mass is 436 g/mol. The normalized spacial score (nSPS) is 18.8. The first-order valence-electron chi connectivity index (χ1n) is 10.9. The lowest BCUT2D eigenvalue weighted by Crippen LogP contribution is -2.49. The van der Waals surface area contributed by atoms with E-state index >= 15 is 0 Å². The summed E-state index contributed by atoms with van der Waals surface area (Å²) in [6.45, 7) is 1.40. The number of piperidine rings is 1. The first kappa shape index (κ1) is 20.6. The van der Waals surface area contributed by atoms with E-state index in [0.717, 1.165) is 24.1 Å². The third kappa shape index (κ3) is 3.96. The largest absolute Gasteiger partial charge is 0.769 e. The molecule has 1 saturated heterocycles. The summed E-state index contributed by atoms with van der Waals surface area (Å²) in [5.74, 6) is -0.275. The van der Waals surface area contributed by atoms with E-state index in [4.69, 9.17) is 4.74 Å². The van der Waals surface area contributed by atoms with E-state index in [0.29, 0.717) is 37.2 Å². The number of ether oxygens (including phenoxy) is 1. The van der Waals surface area contributed by atoms with Gasteiger partial charge in [0.15, 0.2) is 0 Å². The van der Waals surface area contributed by atoms with Crippen LogP contribution in [0.4, 0.5) is 21.9 Å². The minimum absolute atomic E-state index is 0.0390. The summed E-state index contributed by atoms with van der Waals surface area (Å²) in [4.78, 5) is 28.5. The first-order chi connectivity index (χ1) is 15.5. The van der Waals surface area contributed by atoms with Crippen LogP contribution in [0.25, 0.3) is 0 Å². The molecular formula is C23H24N4O5-2. The zero-order valence-corrected chi connectivity index (χ0v) is 17.5. The molecule has 2 amide bonds. The third-order valence-corrected chi connectivity index (χ3v) is 6.32. The molecule has 2 aromatic rings. The lowest BCUT2D eigenvalue weighted by molar-refractivity contribution is 0.0951. The van der Waals surface area contributed by atoms with Crippen LogP contribution in [-0.4, -0.2) is 37.2 Å². The molecule has 0 aromatic heterocycles. The number of anilines is 3. The van der Waals surface area contributed by atoms with Crippen molar-refractivity contribution in [3.05, 3.63) is 64.0 Å². The van der Waals surface area contributed by atoms with Crippen LogP contribution in [0.5, 0.6) is 0 Å². The van der Waals surface area contributed by atoms with Gasteiger partial charge in [0.2, 0.25) is 0 Å². The third-order valence-electron chi connectivity index (χ3n) is 6.32. The second-order valence-corrected chi connectivity index (χ2v) is 8.48. The van der Waals surface area contributed by atoms with Crippen molar-refractivity contribution in [2.45, 2.75) is 44.4 Å². The van der Waals surface area contributed by atoms with E-state index in [1.807, 2.05) is 29.2 Å². The Bertz CT molecular complexity index is 1030. The number of carbonyl (C=O) groups excluding carboxylic acids is 2. The highest BCUT2D eigenvalue weighted by Crippen LogP contribution is 2.36. The molecule has 1 aliphatic carbocycles. The zero-order chi connectivity index (χ0) is 22.2. The number of cyclic esters (lactones) is 1. The molecule has 9 nitrogen and oxygen atoms in total.